The van der Waals surface area contributed by atoms with Crippen LogP contribution in [0.1, 0.15) is 25.5 Å². The number of carbonyl (C=O) groups is 2. The van der Waals surface area contributed by atoms with Crippen molar-refractivity contribution < 1.29 is 28.4 Å². The Hall–Kier alpha value is -3.00. The Morgan fingerprint density at radius 2 is 1.89 bits per heavy atom. The molecule has 2 aromatic carbocycles. The van der Waals surface area contributed by atoms with Crippen LogP contribution in [-0.4, -0.2) is 25.5 Å². The number of amides is 2. The highest BCUT2D eigenvalue weighted by atomic mass is 19.1. The van der Waals surface area contributed by atoms with E-state index >= 15 is 0 Å². The predicted octanol–water partition coefficient (Wildman–Crippen LogP) is 2.19. The summed E-state index contributed by atoms with van der Waals surface area (Å²) in [4.78, 5) is 23.4. The largest absolute Gasteiger partial charge is 0.495 e. The number of methoxy groups -OCH3 is 1. The van der Waals surface area contributed by atoms with E-state index in [4.69, 9.17) is 4.74 Å². The Morgan fingerprint density at radius 1 is 1.15 bits per heavy atom. The summed E-state index contributed by atoms with van der Waals surface area (Å²) in [6.07, 6.45) is 0. The number of nitrogens with two attached hydrogens (primary N) is 1. The fraction of sp³-hybridized carbons (Fsp3) is 0.263. The molecule has 2 aromatic rings. The van der Waals surface area contributed by atoms with Gasteiger partial charge >= 0.3 is 0 Å². The lowest BCUT2D eigenvalue weighted by atomic mass is 10.1. The lowest BCUT2D eigenvalue weighted by Crippen LogP contribution is -2.86. The molecule has 0 spiro atoms. The molecule has 8 heteroatoms. The van der Waals surface area contributed by atoms with Crippen LogP contribution in [0.25, 0.3) is 0 Å². The van der Waals surface area contributed by atoms with E-state index in [1.54, 1.807) is 30.4 Å². The third-order valence-electron chi connectivity index (χ3n) is 3.90. The molecule has 0 heterocycles. The Bertz CT molecular complexity index is 843. The summed E-state index contributed by atoms with van der Waals surface area (Å²) in [6.45, 7) is 3.13. The Labute approximate surface area is 155 Å². The number of hydrogen-bond donors (Lipinski definition) is 3. The van der Waals surface area contributed by atoms with Gasteiger partial charge in [0, 0.05) is 24.2 Å². The van der Waals surface area contributed by atoms with Gasteiger partial charge in [-0.3, -0.25) is 9.59 Å². The first kappa shape index (κ1) is 20.3. The molecule has 1 atom stereocenters. The van der Waals surface area contributed by atoms with Crippen molar-refractivity contribution in [1.29, 1.82) is 0 Å². The molecule has 0 radical (unpaired) electrons. The number of anilines is 2. The van der Waals surface area contributed by atoms with E-state index in [9.17, 15) is 18.4 Å². The molecule has 0 saturated heterocycles. The summed E-state index contributed by atoms with van der Waals surface area (Å²) in [5, 5.41) is 6.97. The summed E-state index contributed by atoms with van der Waals surface area (Å²) in [5.74, 6) is -1.42. The summed E-state index contributed by atoms with van der Waals surface area (Å²) in [5.41, 5.74) is 1.24. The molecule has 0 bridgehead atoms. The zero-order valence-electron chi connectivity index (χ0n) is 15.3. The van der Waals surface area contributed by atoms with Gasteiger partial charge in [0.25, 0.3) is 5.91 Å². The Kier molecular flexibility index (Phi) is 6.84. The van der Waals surface area contributed by atoms with Crippen molar-refractivity contribution in [2.75, 3.05) is 24.3 Å². The summed E-state index contributed by atoms with van der Waals surface area (Å²) >= 11 is 0. The lowest BCUT2D eigenvalue weighted by Gasteiger charge is -2.14. The monoisotopic (exact) mass is 378 g/mol. The maximum Gasteiger partial charge on any atom is 0.279 e. The first-order valence-corrected chi connectivity index (χ1v) is 8.34. The molecular formula is C19H22F2N3O3+. The first-order chi connectivity index (χ1) is 12.8. The highest BCUT2D eigenvalue weighted by Crippen LogP contribution is 2.27. The van der Waals surface area contributed by atoms with Crippen molar-refractivity contribution in [1.82, 2.24) is 0 Å². The van der Waals surface area contributed by atoms with Crippen LogP contribution in [0.3, 0.4) is 0 Å². The molecule has 0 aliphatic heterocycles. The van der Waals surface area contributed by atoms with Crippen molar-refractivity contribution in [3.63, 3.8) is 0 Å². The predicted molar refractivity (Wildman–Crippen MR) is 97.5 cm³/mol. The first-order valence-electron chi connectivity index (χ1n) is 8.34. The van der Waals surface area contributed by atoms with E-state index in [0.717, 1.165) is 6.07 Å². The SMILES string of the molecule is COc1ccc(NC(C)=O)cc1NC(=O)C[NH2+][C@@H](C)c1ccc(F)cc1F. The highest BCUT2D eigenvalue weighted by molar-refractivity contribution is 5.95. The van der Waals surface area contributed by atoms with Gasteiger partial charge in [-0.05, 0) is 37.3 Å². The normalized spacial score (nSPS) is 11.6. The summed E-state index contributed by atoms with van der Waals surface area (Å²) in [6, 6.07) is 7.86. The van der Waals surface area contributed by atoms with Crippen molar-refractivity contribution in [2.45, 2.75) is 19.9 Å². The Morgan fingerprint density at radius 3 is 2.52 bits per heavy atom. The van der Waals surface area contributed by atoms with Crippen LogP contribution in [0.4, 0.5) is 20.2 Å². The van der Waals surface area contributed by atoms with Gasteiger partial charge in [-0.15, -0.1) is 0 Å². The second kappa shape index (κ2) is 9.09. The molecule has 0 aliphatic carbocycles. The van der Waals surface area contributed by atoms with Crippen molar-refractivity contribution >= 4 is 23.2 Å². The van der Waals surface area contributed by atoms with Crippen molar-refractivity contribution in [3.8, 4) is 5.75 Å². The zero-order chi connectivity index (χ0) is 20.0. The van der Waals surface area contributed by atoms with E-state index in [1.165, 1.54) is 26.2 Å². The van der Waals surface area contributed by atoms with E-state index < -0.39 is 11.6 Å². The molecule has 2 rings (SSSR count). The summed E-state index contributed by atoms with van der Waals surface area (Å²) < 4.78 is 32.0. The number of rotatable bonds is 7. The third kappa shape index (κ3) is 5.75. The van der Waals surface area contributed by atoms with Gasteiger partial charge in [-0.2, -0.15) is 0 Å². The standard InChI is InChI=1S/C19H21F2N3O3/c1-11(15-6-4-13(20)8-16(15)21)22-10-19(26)24-17-9-14(23-12(2)25)5-7-18(17)27-3/h4-9,11,22H,10H2,1-3H3,(H,23,25)(H,24,26)/p+1/t11-/m0/s1. The molecule has 4 N–H and O–H groups in total. The van der Waals surface area contributed by atoms with Crippen LogP contribution in [0, 0.1) is 11.6 Å². The van der Waals surface area contributed by atoms with Gasteiger partial charge in [-0.25, -0.2) is 8.78 Å². The Balaban J connectivity index is 2.01. The van der Waals surface area contributed by atoms with Gasteiger partial charge in [0.1, 0.15) is 23.4 Å². The second-order valence-electron chi connectivity index (χ2n) is 6.04. The molecule has 0 fully saturated rings. The lowest BCUT2D eigenvalue weighted by molar-refractivity contribution is -0.682. The van der Waals surface area contributed by atoms with E-state index in [1.807, 2.05) is 0 Å². The van der Waals surface area contributed by atoms with Crippen LogP contribution in [0.5, 0.6) is 5.75 Å². The number of benzene rings is 2. The summed E-state index contributed by atoms with van der Waals surface area (Å²) in [7, 11) is 1.47. The highest BCUT2D eigenvalue weighted by Gasteiger charge is 2.17. The number of nitrogens with one attached hydrogen (secondary N) is 2. The average molecular weight is 378 g/mol. The van der Waals surface area contributed by atoms with Gasteiger partial charge < -0.3 is 20.7 Å². The maximum absolute atomic E-state index is 13.8. The van der Waals surface area contributed by atoms with Crippen LogP contribution in [0.15, 0.2) is 36.4 Å². The fourth-order valence-electron chi connectivity index (χ4n) is 2.57. The molecular weight excluding hydrogens is 356 g/mol. The second-order valence-corrected chi connectivity index (χ2v) is 6.04. The quantitative estimate of drug-likeness (QED) is 0.691. The number of carbonyl (C=O) groups excluding carboxylic acids is 2. The number of hydrogen-bond acceptors (Lipinski definition) is 3. The molecule has 6 nitrogen and oxygen atoms in total. The minimum atomic E-state index is -0.649. The smallest absolute Gasteiger partial charge is 0.279 e. The van der Waals surface area contributed by atoms with Crippen LogP contribution in [0.2, 0.25) is 0 Å². The number of halogens is 2. The van der Waals surface area contributed by atoms with E-state index in [2.05, 4.69) is 10.6 Å². The van der Waals surface area contributed by atoms with E-state index in [-0.39, 0.29) is 24.4 Å². The number of quaternary nitrogens is 1. The minimum Gasteiger partial charge on any atom is -0.495 e. The molecule has 0 aromatic heterocycles. The van der Waals surface area contributed by atoms with Crippen LogP contribution in [-0.2, 0) is 9.59 Å². The van der Waals surface area contributed by atoms with Gasteiger partial charge in [-0.1, -0.05) is 0 Å². The van der Waals surface area contributed by atoms with E-state index in [0.29, 0.717) is 22.7 Å². The maximum atomic E-state index is 13.8. The molecule has 0 saturated carbocycles. The van der Waals surface area contributed by atoms with Gasteiger partial charge in [0.05, 0.1) is 12.8 Å². The van der Waals surface area contributed by atoms with Crippen molar-refractivity contribution in [2.24, 2.45) is 0 Å². The minimum absolute atomic E-state index is 0.0193. The average Bonchev–Trinajstić information content (AvgIpc) is 2.59. The van der Waals surface area contributed by atoms with Gasteiger partial charge in [0.2, 0.25) is 5.91 Å². The van der Waals surface area contributed by atoms with Crippen LogP contribution >= 0.6 is 0 Å². The number of ether oxygens (including phenoxy) is 1. The molecule has 2 amide bonds. The van der Waals surface area contributed by atoms with Crippen LogP contribution < -0.4 is 20.7 Å². The molecule has 144 valence electrons. The fourth-order valence-corrected chi connectivity index (χ4v) is 2.57. The van der Waals surface area contributed by atoms with Gasteiger partial charge in [0.15, 0.2) is 6.54 Å². The zero-order valence-corrected chi connectivity index (χ0v) is 15.3. The molecule has 0 unspecified atom stereocenters. The topological polar surface area (TPSA) is 84.0 Å². The molecule has 27 heavy (non-hydrogen) atoms. The molecule has 0 aliphatic rings. The van der Waals surface area contributed by atoms with Crippen molar-refractivity contribution in [3.05, 3.63) is 53.6 Å². The third-order valence-corrected chi connectivity index (χ3v) is 3.90.